The zero-order valence-corrected chi connectivity index (χ0v) is 19.9. The fourth-order valence-electron chi connectivity index (χ4n) is 3.71. The summed E-state index contributed by atoms with van der Waals surface area (Å²) in [5, 5.41) is 1.37. The van der Waals surface area contributed by atoms with E-state index in [9.17, 15) is 4.79 Å². The van der Waals surface area contributed by atoms with Crippen LogP contribution in [0.2, 0.25) is 5.02 Å². The number of carbonyl (C=O) groups excluding carboxylic acids is 1. The van der Waals surface area contributed by atoms with E-state index in [1.807, 2.05) is 48.5 Å². The third-order valence-corrected chi connectivity index (χ3v) is 5.76. The molecular weight excluding hydrogens is 478 g/mol. The molecule has 2 aromatic carbocycles. The normalized spacial score (nSPS) is 10.8. The zero-order chi connectivity index (χ0) is 25.1. The van der Waals surface area contributed by atoms with Crippen molar-refractivity contribution in [3.8, 4) is 28.4 Å². The maximum absolute atomic E-state index is 11.6. The first-order chi connectivity index (χ1) is 17.5. The van der Waals surface area contributed by atoms with Crippen molar-refractivity contribution in [3.63, 3.8) is 0 Å². The minimum absolute atomic E-state index is 0.0762. The van der Waals surface area contributed by atoms with Crippen molar-refractivity contribution in [2.45, 2.75) is 6.61 Å². The Morgan fingerprint density at radius 2 is 1.75 bits per heavy atom. The monoisotopic (exact) mass is 497 g/mol. The number of benzene rings is 2. The Hall–Kier alpha value is -4.56. The summed E-state index contributed by atoms with van der Waals surface area (Å²) in [6.07, 6.45) is 3.12. The van der Waals surface area contributed by atoms with Crippen molar-refractivity contribution in [2.75, 3.05) is 12.8 Å². The van der Waals surface area contributed by atoms with Crippen LogP contribution in [0.4, 0.5) is 5.82 Å². The number of aromatic nitrogens is 4. The van der Waals surface area contributed by atoms with Gasteiger partial charge in [-0.05, 0) is 30.3 Å². The molecule has 0 saturated heterocycles. The second kappa shape index (κ2) is 9.97. The number of rotatable bonds is 6. The quantitative estimate of drug-likeness (QED) is 0.312. The van der Waals surface area contributed by atoms with Gasteiger partial charge in [0.05, 0.1) is 34.6 Å². The van der Waals surface area contributed by atoms with Gasteiger partial charge >= 0.3 is 5.97 Å². The minimum atomic E-state index is -0.463. The molecule has 0 spiro atoms. The van der Waals surface area contributed by atoms with E-state index in [0.29, 0.717) is 33.2 Å². The van der Waals surface area contributed by atoms with Crippen molar-refractivity contribution >= 4 is 34.3 Å². The van der Waals surface area contributed by atoms with Crippen LogP contribution in [0.1, 0.15) is 16.1 Å². The van der Waals surface area contributed by atoms with Crippen LogP contribution in [0.15, 0.2) is 79.1 Å². The predicted octanol–water partition coefficient (Wildman–Crippen LogP) is 5.36. The third kappa shape index (κ3) is 4.67. The molecule has 8 nitrogen and oxygen atoms in total. The van der Waals surface area contributed by atoms with E-state index in [1.165, 1.54) is 13.3 Å². The number of nitrogen functional groups attached to an aromatic ring is 1. The molecule has 0 unspecified atom stereocenters. The van der Waals surface area contributed by atoms with Gasteiger partial charge in [-0.1, -0.05) is 48.0 Å². The highest BCUT2D eigenvalue weighted by Crippen LogP contribution is 2.36. The van der Waals surface area contributed by atoms with Gasteiger partial charge in [0.2, 0.25) is 0 Å². The first-order valence-electron chi connectivity index (χ1n) is 11.0. The van der Waals surface area contributed by atoms with Crippen molar-refractivity contribution in [1.29, 1.82) is 0 Å². The summed E-state index contributed by atoms with van der Waals surface area (Å²) in [7, 11) is 1.32. The summed E-state index contributed by atoms with van der Waals surface area (Å²) in [5.41, 5.74) is 10.6. The number of anilines is 1. The Balaban J connectivity index is 1.55. The van der Waals surface area contributed by atoms with Crippen LogP contribution >= 0.6 is 11.6 Å². The lowest BCUT2D eigenvalue weighted by Gasteiger charge is -2.14. The standard InChI is InChI=1S/C27H20ClN5O3/c1-35-27(34)18-9-10-20(31-14-18)15-36-26-25(29)32-23(16-6-3-2-4-7-16)24(33-26)19-12-17-8-5-11-30-22(17)21(28)13-19/h2-14H,15H2,1H3,(H2,29,32). The summed E-state index contributed by atoms with van der Waals surface area (Å²) in [6.45, 7) is 0.0762. The highest BCUT2D eigenvalue weighted by molar-refractivity contribution is 6.35. The average Bonchev–Trinajstić information content (AvgIpc) is 2.92. The summed E-state index contributed by atoms with van der Waals surface area (Å²) >= 11 is 6.56. The van der Waals surface area contributed by atoms with Crippen LogP contribution in [0.3, 0.4) is 0 Å². The van der Waals surface area contributed by atoms with Gasteiger partial charge in [-0.2, -0.15) is 0 Å². The molecule has 3 aromatic heterocycles. The summed E-state index contributed by atoms with van der Waals surface area (Å²) in [4.78, 5) is 29.6. The third-order valence-electron chi connectivity index (χ3n) is 5.47. The number of ether oxygens (including phenoxy) is 2. The zero-order valence-electron chi connectivity index (χ0n) is 19.2. The maximum atomic E-state index is 11.6. The number of hydrogen-bond acceptors (Lipinski definition) is 8. The Kier molecular flexibility index (Phi) is 6.42. The average molecular weight is 498 g/mol. The SMILES string of the molecule is COC(=O)c1ccc(COc2nc(-c3cc(Cl)c4ncccc4c3)c(-c3ccccc3)nc2N)nc1. The first-order valence-corrected chi connectivity index (χ1v) is 11.3. The number of nitrogens with two attached hydrogens (primary N) is 1. The van der Waals surface area contributed by atoms with Crippen LogP contribution in [-0.4, -0.2) is 33.0 Å². The number of pyridine rings is 2. The van der Waals surface area contributed by atoms with E-state index in [-0.39, 0.29) is 18.3 Å². The lowest BCUT2D eigenvalue weighted by molar-refractivity contribution is 0.0600. The van der Waals surface area contributed by atoms with Crippen LogP contribution in [0, 0.1) is 0 Å². The molecule has 9 heteroatoms. The van der Waals surface area contributed by atoms with E-state index < -0.39 is 5.97 Å². The molecule has 0 atom stereocenters. The van der Waals surface area contributed by atoms with Gasteiger partial charge in [0, 0.05) is 28.9 Å². The van der Waals surface area contributed by atoms with E-state index in [0.717, 1.165) is 16.5 Å². The summed E-state index contributed by atoms with van der Waals surface area (Å²) in [6, 6.07) is 20.5. The molecule has 36 heavy (non-hydrogen) atoms. The van der Waals surface area contributed by atoms with Crippen molar-refractivity contribution in [1.82, 2.24) is 19.9 Å². The number of carbonyl (C=O) groups is 1. The van der Waals surface area contributed by atoms with Gasteiger partial charge < -0.3 is 15.2 Å². The van der Waals surface area contributed by atoms with Gasteiger partial charge in [-0.25, -0.2) is 14.8 Å². The Morgan fingerprint density at radius 1 is 0.944 bits per heavy atom. The van der Waals surface area contributed by atoms with Crippen LogP contribution in [0.5, 0.6) is 5.88 Å². The van der Waals surface area contributed by atoms with Crippen molar-refractivity contribution in [3.05, 3.63) is 95.4 Å². The van der Waals surface area contributed by atoms with E-state index in [2.05, 4.69) is 15.0 Å². The fourth-order valence-corrected chi connectivity index (χ4v) is 3.99. The van der Waals surface area contributed by atoms with Gasteiger partial charge in [-0.3, -0.25) is 9.97 Å². The van der Waals surface area contributed by atoms with Gasteiger partial charge in [0.25, 0.3) is 5.88 Å². The van der Waals surface area contributed by atoms with Crippen molar-refractivity contribution < 1.29 is 14.3 Å². The minimum Gasteiger partial charge on any atom is -0.469 e. The lowest BCUT2D eigenvalue weighted by Crippen LogP contribution is -2.07. The Labute approximate surface area is 211 Å². The number of fused-ring (bicyclic) bond motifs is 1. The molecule has 0 aliphatic rings. The molecular formula is C27H20ClN5O3. The Morgan fingerprint density at radius 3 is 2.50 bits per heavy atom. The van der Waals surface area contributed by atoms with Gasteiger partial charge in [0.15, 0.2) is 5.82 Å². The second-order valence-electron chi connectivity index (χ2n) is 7.83. The van der Waals surface area contributed by atoms with Gasteiger partial charge in [0.1, 0.15) is 12.3 Å². The molecule has 3 heterocycles. The molecule has 0 fully saturated rings. The fraction of sp³-hybridized carbons (Fsp3) is 0.0741. The lowest BCUT2D eigenvalue weighted by atomic mass is 10.0. The molecule has 0 aliphatic carbocycles. The highest BCUT2D eigenvalue weighted by atomic mass is 35.5. The number of methoxy groups -OCH3 is 1. The number of halogens is 1. The largest absolute Gasteiger partial charge is 0.469 e. The van der Waals surface area contributed by atoms with E-state index in [4.69, 9.17) is 31.8 Å². The molecule has 0 aliphatic heterocycles. The number of nitrogens with zero attached hydrogens (tertiary/aromatic N) is 4. The molecule has 0 bridgehead atoms. The van der Waals surface area contributed by atoms with E-state index >= 15 is 0 Å². The van der Waals surface area contributed by atoms with E-state index in [1.54, 1.807) is 24.4 Å². The predicted molar refractivity (Wildman–Crippen MR) is 138 cm³/mol. The summed E-state index contributed by atoms with van der Waals surface area (Å²) < 4.78 is 10.6. The summed E-state index contributed by atoms with van der Waals surface area (Å²) in [5.74, 6) is -0.168. The Bertz CT molecular complexity index is 1560. The van der Waals surface area contributed by atoms with Crippen LogP contribution in [-0.2, 0) is 11.3 Å². The number of esters is 1. The molecule has 0 amide bonds. The van der Waals surface area contributed by atoms with Gasteiger partial charge in [-0.15, -0.1) is 0 Å². The highest BCUT2D eigenvalue weighted by Gasteiger charge is 2.18. The molecule has 178 valence electrons. The molecule has 5 rings (SSSR count). The van der Waals surface area contributed by atoms with Crippen LogP contribution < -0.4 is 10.5 Å². The van der Waals surface area contributed by atoms with Crippen molar-refractivity contribution in [2.24, 2.45) is 0 Å². The second-order valence-corrected chi connectivity index (χ2v) is 8.24. The molecule has 0 saturated carbocycles. The topological polar surface area (TPSA) is 113 Å². The number of hydrogen-bond donors (Lipinski definition) is 1. The molecule has 2 N–H and O–H groups in total. The van der Waals surface area contributed by atoms with Crippen LogP contribution in [0.25, 0.3) is 33.4 Å². The maximum Gasteiger partial charge on any atom is 0.339 e. The first kappa shape index (κ1) is 23.2. The smallest absolute Gasteiger partial charge is 0.339 e. The molecule has 5 aromatic rings. The molecule has 0 radical (unpaired) electrons.